The molecule has 0 bridgehead atoms. The second-order valence-electron chi connectivity index (χ2n) is 4.59. The van der Waals surface area contributed by atoms with Crippen LogP contribution in [0.25, 0.3) is 10.8 Å². The lowest BCUT2D eigenvalue weighted by Crippen LogP contribution is -2.12. The summed E-state index contributed by atoms with van der Waals surface area (Å²) in [7, 11) is 0. The molecule has 0 unspecified atom stereocenters. The number of carbonyl (C=O) groups excluding carboxylic acids is 1. The van der Waals surface area contributed by atoms with Crippen molar-refractivity contribution in [1.82, 2.24) is 4.98 Å². The first kappa shape index (κ1) is 12.9. The minimum absolute atomic E-state index is 0.167. The van der Waals surface area contributed by atoms with Crippen molar-refractivity contribution in [1.29, 1.82) is 0 Å². The van der Waals surface area contributed by atoms with E-state index < -0.39 is 5.91 Å². The summed E-state index contributed by atoms with van der Waals surface area (Å²) in [4.78, 5) is 16.3. The SMILES string of the molecule is O=C(Nc1cccc2ccncc12)c1cc(O)cc(O)c1. The highest BCUT2D eigenvalue weighted by Gasteiger charge is 2.10. The summed E-state index contributed by atoms with van der Waals surface area (Å²) in [5.74, 6) is -0.753. The van der Waals surface area contributed by atoms with Gasteiger partial charge in [-0.3, -0.25) is 9.78 Å². The van der Waals surface area contributed by atoms with E-state index >= 15 is 0 Å². The molecule has 0 saturated carbocycles. The number of carbonyl (C=O) groups is 1. The number of hydrogen-bond acceptors (Lipinski definition) is 4. The molecule has 5 nitrogen and oxygen atoms in total. The topological polar surface area (TPSA) is 82.5 Å². The number of rotatable bonds is 2. The fraction of sp³-hybridized carbons (Fsp3) is 0. The molecule has 0 atom stereocenters. The molecule has 3 rings (SSSR count). The van der Waals surface area contributed by atoms with E-state index in [1.165, 1.54) is 18.2 Å². The molecule has 0 radical (unpaired) electrons. The Morgan fingerprint density at radius 1 is 1.05 bits per heavy atom. The fourth-order valence-electron chi connectivity index (χ4n) is 2.14. The van der Waals surface area contributed by atoms with Gasteiger partial charge in [-0.2, -0.15) is 0 Å². The maximum Gasteiger partial charge on any atom is 0.255 e. The predicted molar refractivity (Wildman–Crippen MR) is 79.5 cm³/mol. The van der Waals surface area contributed by atoms with Crippen molar-refractivity contribution in [3.8, 4) is 11.5 Å². The molecule has 1 aromatic heterocycles. The zero-order valence-corrected chi connectivity index (χ0v) is 10.9. The number of anilines is 1. The van der Waals surface area contributed by atoms with Gasteiger partial charge in [-0.05, 0) is 29.7 Å². The van der Waals surface area contributed by atoms with E-state index in [2.05, 4.69) is 10.3 Å². The van der Waals surface area contributed by atoms with E-state index in [4.69, 9.17) is 0 Å². The molecular weight excluding hydrogens is 268 g/mol. The Balaban J connectivity index is 1.96. The molecule has 0 aliphatic heterocycles. The first-order valence-electron chi connectivity index (χ1n) is 6.30. The van der Waals surface area contributed by atoms with Crippen molar-refractivity contribution < 1.29 is 15.0 Å². The van der Waals surface area contributed by atoms with E-state index in [0.29, 0.717) is 5.69 Å². The summed E-state index contributed by atoms with van der Waals surface area (Å²) in [6.07, 6.45) is 3.35. The maximum atomic E-state index is 12.2. The lowest BCUT2D eigenvalue weighted by molar-refractivity contribution is 0.102. The van der Waals surface area contributed by atoms with E-state index in [1.54, 1.807) is 18.5 Å². The van der Waals surface area contributed by atoms with Gasteiger partial charge in [0, 0.05) is 29.4 Å². The van der Waals surface area contributed by atoms with Gasteiger partial charge in [0.05, 0.1) is 5.69 Å². The standard InChI is InChI=1S/C16H12N2O3/c19-12-6-11(7-13(20)8-12)16(21)18-15-3-1-2-10-4-5-17-9-14(10)15/h1-9,19-20H,(H,18,21). The number of fused-ring (bicyclic) bond motifs is 1. The van der Waals surface area contributed by atoms with Gasteiger partial charge in [0.1, 0.15) is 11.5 Å². The highest BCUT2D eigenvalue weighted by Crippen LogP contribution is 2.24. The van der Waals surface area contributed by atoms with E-state index in [9.17, 15) is 15.0 Å². The monoisotopic (exact) mass is 280 g/mol. The summed E-state index contributed by atoms with van der Waals surface area (Å²) in [5, 5.41) is 23.4. The van der Waals surface area contributed by atoms with Crippen molar-refractivity contribution >= 4 is 22.4 Å². The third-order valence-electron chi connectivity index (χ3n) is 3.10. The van der Waals surface area contributed by atoms with Gasteiger partial charge < -0.3 is 15.5 Å². The number of hydrogen-bond donors (Lipinski definition) is 3. The average Bonchev–Trinajstić information content (AvgIpc) is 2.46. The molecule has 0 aliphatic rings. The Bertz CT molecular complexity index is 805. The number of nitrogens with one attached hydrogen (secondary N) is 1. The third-order valence-corrected chi connectivity index (χ3v) is 3.10. The number of aromatic nitrogens is 1. The van der Waals surface area contributed by atoms with Crippen molar-refractivity contribution in [3.63, 3.8) is 0 Å². The molecule has 1 amide bonds. The zero-order chi connectivity index (χ0) is 14.8. The number of nitrogens with zero attached hydrogens (tertiary/aromatic N) is 1. The van der Waals surface area contributed by atoms with Crippen LogP contribution < -0.4 is 5.32 Å². The third kappa shape index (κ3) is 2.62. The molecule has 0 saturated heterocycles. The number of phenols is 2. The van der Waals surface area contributed by atoms with Crippen LogP contribution >= 0.6 is 0 Å². The van der Waals surface area contributed by atoms with Crippen LogP contribution in [0.1, 0.15) is 10.4 Å². The van der Waals surface area contributed by atoms with E-state index in [1.807, 2.05) is 18.2 Å². The van der Waals surface area contributed by atoms with E-state index in [-0.39, 0.29) is 17.1 Å². The molecule has 104 valence electrons. The minimum Gasteiger partial charge on any atom is -0.508 e. The summed E-state index contributed by atoms with van der Waals surface area (Å²) in [6, 6.07) is 11.1. The van der Waals surface area contributed by atoms with Crippen LogP contribution in [0.5, 0.6) is 11.5 Å². The molecule has 1 heterocycles. The molecule has 0 spiro atoms. The van der Waals surface area contributed by atoms with Crippen LogP contribution in [-0.2, 0) is 0 Å². The maximum absolute atomic E-state index is 12.2. The summed E-state index contributed by atoms with van der Waals surface area (Å²) < 4.78 is 0. The molecule has 2 aromatic carbocycles. The van der Waals surface area contributed by atoms with Gasteiger partial charge in [0.2, 0.25) is 0 Å². The molecule has 0 aliphatic carbocycles. The van der Waals surface area contributed by atoms with E-state index in [0.717, 1.165) is 10.8 Å². The second kappa shape index (κ2) is 5.13. The first-order valence-corrected chi connectivity index (χ1v) is 6.30. The van der Waals surface area contributed by atoms with Crippen LogP contribution in [0, 0.1) is 0 Å². The largest absolute Gasteiger partial charge is 0.508 e. The Kier molecular flexibility index (Phi) is 3.16. The number of pyridine rings is 1. The van der Waals surface area contributed by atoms with Crippen LogP contribution in [0.3, 0.4) is 0 Å². The van der Waals surface area contributed by atoms with Gasteiger partial charge in [-0.1, -0.05) is 12.1 Å². The normalized spacial score (nSPS) is 10.5. The first-order chi connectivity index (χ1) is 10.1. The Morgan fingerprint density at radius 3 is 2.57 bits per heavy atom. The second-order valence-corrected chi connectivity index (χ2v) is 4.59. The van der Waals surface area contributed by atoms with Gasteiger partial charge >= 0.3 is 0 Å². The van der Waals surface area contributed by atoms with Crippen LogP contribution in [0.2, 0.25) is 0 Å². The summed E-state index contributed by atoms with van der Waals surface area (Å²) in [6.45, 7) is 0. The summed E-state index contributed by atoms with van der Waals surface area (Å²) in [5.41, 5.74) is 0.793. The van der Waals surface area contributed by atoms with Crippen LogP contribution in [0.15, 0.2) is 54.9 Å². The van der Waals surface area contributed by atoms with Crippen molar-refractivity contribution in [2.75, 3.05) is 5.32 Å². The molecule has 3 aromatic rings. The van der Waals surface area contributed by atoms with Gasteiger partial charge in [0.25, 0.3) is 5.91 Å². The predicted octanol–water partition coefficient (Wildman–Crippen LogP) is 2.90. The summed E-state index contributed by atoms with van der Waals surface area (Å²) >= 11 is 0. The smallest absolute Gasteiger partial charge is 0.255 e. The number of benzene rings is 2. The molecule has 5 heteroatoms. The number of phenolic OH excluding ortho intramolecular Hbond substituents is 2. The fourth-order valence-corrected chi connectivity index (χ4v) is 2.14. The highest BCUT2D eigenvalue weighted by atomic mass is 16.3. The van der Waals surface area contributed by atoms with Crippen LogP contribution in [-0.4, -0.2) is 21.1 Å². The van der Waals surface area contributed by atoms with Gasteiger partial charge in [-0.15, -0.1) is 0 Å². The van der Waals surface area contributed by atoms with Crippen molar-refractivity contribution in [2.45, 2.75) is 0 Å². The number of aromatic hydroxyl groups is 2. The van der Waals surface area contributed by atoms with Gasteiger partial charge in [-0.25, -0.2) is 0 Å². The Hall–Kier alpha value is -3.08. The quantitative estimate of drug-likeness (QED) is 0.674. The van der Waals surface area contributed by atoms with Crippen molar-refractivity contribution in [3.05, 3.63) is 60.4 Å². The lowest BCUT2D eigenvalue weighted by atomic mass is 10.1. The zero-order valence-electron chi connectivity index (χ0n) is 10.9. The number of amides is 1. The van der Waals surface area contributed by atoms with Crippen molar-refractivity contribution in [2.24, 2.45) is 0 Å². The average molecular weight is 280 g/mol. The molecule has 3 N–H and O–H groups in total. The lowest BCUT2D eigenvalue weighted by Gasteiger charge is -2.09. The highest BCUT2D eigenvalue weighted by molar-refractivity contribution is 6.09. The molecular formula is C16H12N2O3. The minimum atomic E-state index is -0.419. The van der Waals surface area contributed by atoms with Gasteiger partial charge in [0.15, 0.2) is 0 Å². The molecule has 21 heavy (non-hydrogen) atoms. The Morgan fingerprint density at radius 2 is 1.81 bits per heavy atom. The Labute approximate surface area is 120 Å². The van der Waals surface area contributed by atoms with Crippen LogP contribution in [0.4, 0.5) is 5.69 Å². The molecule has 0 fully saturated rings.